The summed E-state index contributed by atoms with van der Waals surface area (Å²) >= 11 is 0. The van der Waals surface area contributed by atoms with E-state index in [1.54, 1.807) is 0 Å². The minimum absolute atomic E-state index is 0.0260. The first kappa shape index (κ1) is 24.7. The lowest BCUT2D eigenvalue weighted by atomic mass is 9.79. The van der Waals surface area contributed by atoms with Crippen LogP contribution in [0, 0.1) is 16.0 Å². The second-order valence-electron chi connectivity index (χ2n) is 7.89. The Hall–Kier alpha value is -4.39. The van der Waals surface area contributed by atoms with E-state index in [-0.39, 0.29) is 28.3 Å². The molecule has 0 bridgehead atoms. The summed E-state index contributed by atoms with van der Waals surface area (Å²) in [6, 6.07) is 9.88. The van der Waals surface area contributed by atoms with Gasteiger partial charge >= 0.3 is 12.2 Å². The van der Waals surface area contributed by atoms with Crippen LogP contribution in [0.25, 0.3) is 11.3 Å². The first-order valence-electron chi connectivity index (χ1n) is 10.4. The standard InChI is InChI=1S/C23H18F3N3O7/c1-35-13-8-6-12(7-9-13)20(30)18-19(27-21(31)28-22(18,32)23(24,25)26)17-11-10-16(36-17)14-4-2-3-5-15(14)29(33)34/h2-11,18-19,32H,1H3,(H2,27,28,31)/t18-,19+,22+/m1/s1. The number of urea groups is 1. The highest BCUT2D eigenvalue weighted by atomic mass is 19.4. The van der Waals surface area contributed by atoms with E-state index in [0.29, 0.717) is 5.75 Å². The van der Waals surface area contributed by atoms with Crippen molar-refractivity contribution in [1.82, 2.24) is 10.6 Å². The summed E-state index contributed by atoms with van der Waals surface area (Å²) in [6.45, 7) is 0. The molecule has 0 unspecified atom stereocenters. The van der Waals surface area contributed by atoms with Crippen molar-refractivity contribution in [2.75, 3.05) is 7.11 Å². The van der Waals surface area contributed by atoms with Crippen LogP contribution in [-0.2, 0) is 0 Å². The summed E-state index contributed by atoms with van der Waals surface area (Å²) in [5, 5.41) is 25.7. The van der Waals surface area contributed by atoms with Gasteiger partial charge in [-0.15, -0.1) is 0 Å². The Kier molecular flexibility index (Phi) is 6.18. The zero-order valence-electron chi connectivity index (χ0n) is 18.4. The quantitative estimate of drug-likeness (QED) is 0.261. The predicted molar refractivity (Wildman–Crippen MR) is 117 cm³/mol. The maximum Gasteiger partial charge on any atom is 0.437 e. The number of nitro benzene ring substituents is 1. The number of rotatable bonds is 6. The maximum absolute atomic E-state index is 14.1. The molecule has 1 fully saturated rings. The fraction of sp³-hybridized carbons (Fsp3) is 0.217. The topological polar surface area (TPSA) is 144 Å². The lowest BCUT2D eigenvalue weighted by Crippen LogP contribution is -2.72. The molecular formula is C23H18F3N3O7. The number of Topliss-reactive ketones (excluding diaryl/α,β-unsaturated/α-hetero) is 1. The number of hydrogen-bond acceptors (Lipinski definition) is 7. The highest BCUT2D eigenvalue weighted by Gasteiger charge is 2.66. The first-order chi connectivity index (χ1) is 17.0. The second-order valence-corrected chi connectivity index (χ2v) is 7.89. The van der Waals surface area contributed by atoms with Gasteiger partial charge in [-0.2, -0.15) is 13.2 Å². The number of para-hydroxylation sites is 1. The van der Waals surface area contributed by atoms with Crippen molar-refractivity contribution in [3.8, 4) is 17.1 Å². The SMILES string of the molecule is COc1ccc(C(=O)[C@H]2[C@H](c3ccc(-c4ccccc4[N+](=O)[O-])o3)NC(=O)N[C@@]2(O)C(F)(F)F)cc1. The largest absolute Gasteiger partial charge is 0.497 e. The van der Waals surface area contributed by atoms with Gasteiger partial charge in [0.15, 0.2) is 5.78 Å². The molecule has 1 aliphatic rings. The van der Waals surface area contributed by atoms with E-state index >= 15 is 0 Å². The lowest BCUT2D eigenvalue weighted by molar-refractivity contribution is -0.384. The van der Waals surface area contributed by atoms with E-state index in [9.17, 15) is 38.0 Å². The number of amides is 2. The molecule has 2 amide bonds. The molecule has 0 aliphatic carbocycles. The zero-order valence-corrected chi connectivity index (χ0v) is 18.4. The number of ketones is 1. The van der Waals surface area contributed by atoms with Crippen LogP contribution in [0.5, 0.6) is 5.75 Å². The monoisotopic (exact) mass is 505 g/mol. The molecule has 0 spiro atoms. The number of nitrogens with zero attached hydrogens (tertiary/aromatic N) is 1. The second kappa shape index (κ2) is 9.00. The van der Waals surface area contributed by atoms with Gasteiger partial charge in [-0.1, -0.05) is 12.1 Å². The highest BCUT2D eigenvalue weighted by Crippen LogP contribution is 2.45. The van der Waals surface area contributed by atoms with Crippen LogP contribution in [0.3, 0.4) is 0 Å². The zero-order chi connectivity index (χ0) is 26.3. The summed E-state index contributed by atoms with van der Waals surface area (Å²) in [6.07, 6.45) is -5.45. The Labute approximate surface area is 200 Å². The van der Waals surface area contributed by atoms with Gasteiger partial charge in [-0.05, 0) is 42.5 Å². The molecule has 36 heavy (non-hydrogen) atoms. The molecule has 3 N–H and O–H groups in total. The van der Waals surface area contributed by atoms with E-state index in [1.807, 2.05) is 0 Å². The van der Waals surface area contributed by atoms with E-state index < -0.39 is 40.6 Å². The van der Waals surface area contributed by atoms with Crippen LogP contribution in [0.2, 0.25) is 0 Å². The number of alkyl halides is 3. The molecule has 2 heterocycles. The molecule has 1 saturated heterocycles. The third-order valence-corrected chi connectivity index (χ3v) is 5.76. The predicted octanol–water partition coefficient (Wildman–Crippen LogP) is 3.97. The van der Waals surface area contributed by atoms with Crippen molar-refractivity contribution in [2.24, 2.45) is 5.92 Å². The van der Waals surface area contributed by atoms with Gasteiger partial charge < -0.3 is 24.9 Å². The van der Waals surface area contributed by atoms with E-state index in [0.717, 1.165) is 0 Å². The molecule has 2 aromatic carbocycles. The number of ether oxygens (including phenoxy) is 1. The van der Waals surface area contributed by atoms with Gasteiger partial charge in [-0.3, -0.25) is 14.9 Å². The normalized spacial score (nSPS) is 21.9. The van der Waals surface area contributed by atoms with Crippen molar-refractivity contribution in [2.45, 2.75) is 17.9 Å². The van der Waals surface area contributed by atoms with E-state index in [1.165, 1.54) is 73.1 Å². The number of nitro groups is 1. The molecular weight excluding hydrogens is 487 g/mol. The minimum Gasteiger partial charge on any atom is -0.497 e. The van der Waals surface area contributed by atoms with Crippen LogP contribution in [0.1, 0.15) is 22.2 Å². The number of furan rings is 1. The Morgan fingerprint density at radius 3 is 2.42 bits per heavy atom. The van der Waals surface area contributed by atoms with Crippen LogP contribution in [0.15, 0.2) is 65.1 Å². The summed E-state index contributed by atoms with van der Waals surface area (Å²) in [7, 11) is 1.36. The van der Waals surface area contributed by atoms with Crippen molar-refractivity contribution >= 4 is 17.5 Å². The summed E-state index contributed by atoms with van der Waals surface area (Å²) in [4.78, 5) is 36.2. The van der Waals surface area contributed by atoms with Gasteiger partial charge in [0.25, 0.3) is 5.69 Å². The van der Waals surface area contributed by atoms with E-state index in [2.05, 4.69) is 5.32 Å². The molecule has 10 nitrogen and oxygen atoms in total. The highest BCUT2D eigenvalue weighted by molar-refractivity contribution is 6.00. The van der Waals surface area contributed by atoms with Gasteiger partial charge in [0.2, 0.25) is 5.72 Å². The van der Waals surface area contributed by atoms with Gasteiger partial charge in [0.1, 0.15) is 29.2 Å². The Morgan fingerprint density at radius 2 is 1.81 bits per heavy atom. The molecule has 3 aromatic rings. The third-order valence-electron chi connectivity index (χ3n) is 5.76. The number of benzene rings is 2. The first-order valence-corrected chi connectivity index (χ1v) is 10.4. The Balaban J connectivity index is 1.82. The van der Waals surface area contributed by atoms with Crippen LogP contribution in [0.4, 0.5) is 23.7 Å². The average molecular weight is 505 g/mol. The van der Waals surface area contributed by atoms with Gasteiger partial charge in [0, 0.05) is 11.6 Å². The number of nitrogens with one attached hydrogen (secondary N) is 2. The number of halogens is 3. The Bertz CT molecular complexity index is 1320. The number of aliphatic hydroxyl groups is 1. The molecule has 1 aromatic heterocycles. The smallest absolute Gasteiger partial charge is 0.437 e. The van der Waals surface area contributed by atoms with Gasteiger partial charge in [-0.25, -0.2) is 4.79 Å². The van der Waals surface area contributed by atoms with Crippen molar-refractivity contribution < 1.29 is 41.9 Å². The molecule has 1 aliphatic heterocycles. The molecule has 0 saturated carbocycles. The molecule has 188 valence electrons. The van der Waals surface area contributed by atoms with Crippen LogP contribution < -0.4 is 15.4 Å². The molecule has 3 atom stereocenters. The maximum atomic E-state index is 14.1. The van der Waals surface area contributed by atoms with E-state index in [4.69, 9.17) is 9.15 Å². The van der Waals surface area contributed by atoms with Gasteiger partial charge in [0.05, 0.1) is 17.6 Å². The molecule has 0 radical (unpaired) electrons. The fourth-order valence-corrected chi connectivity index (χ4v) is 4.02. The number of hydrogen-bond donors (Lipinski definition) is 3. The summed E-state index contributed by atoms with van der Waals surface area (Å²) in [5.74, 6) is -3.56. The lowest BCUT2D eigenvalue weighted by Gasteiger charge is -2.44. The molecule has 4 rings (SSSR count). The minimum atomic E-state index is -5.45. The van der Waals surface area contributed by atoms with Crippen molar-refractivity contribution in [1.29, 1.82) is 0 Å². The van der Waals surface area contributed by atoms with Crippen molar-refractivity contribution in [3.63, 3.8) is 0 Å². The summed E-state index contributed by atoms with van der Waals surface area (Å²) in [5.41, 5.74) is -4.46. The Morgan fingerprint density at radius 1 is 1.14 bits per heavy atom. The third kappa shape index (κ3) is 4.24. The molecule has 13 heteroatoms. The fourth-order valence-electron chi connectivity index (χ4n) is 4.02. The number of carbonyl (C=O) groups excluding carboxylic acids is 2. The van der Waals surface area contributed by atoms with Crippen molar-refractivity contribution in [3.05, 3.63) is 82.1 Å². The van der Waals surface area contributed by atoms with Crippen LogP contribution >= 0.6 is 0 Å². The summed E-state index contributed by atoms with van der Waals surface area (Å²) < 4.78 is 52.8. The number of methoxy groups -OCH3 is 1. The van der Waals surface area contributed by atoms with Crippen LogP contribution in [-0.4, -0.2) is 40.9 Å². The number of carbonyl (C=O) groups is 2. The average Bonchev–Trinajstić information content (AvgIpc) is 3.33.